The molecule has 0 aromatic rings. The van der Waals surface area contributed by atoms with E-state index in [9.17, 15) is 9.59 Å². The van der Waals surface area contributed by atoms with Crippen LogP contribution in [0.3, 0.4) is 0 Å². The number of ether oxygens (including phenoxy) is 1. The minimum Gasteiger partial charge on any atom is -0.444 e. The highest BCUT2D eigenvalue weighted by Gasteiger charge is 2.31. The first-order chi connectivity index (χ1) is 7.44. The lowest BCUT2D eigenvalue weighted by molar-refractivity contribution is 0.0232. The molecule has 0 aromatic carbocycles. The van der Waals surface area contributed by atoms with Crippen LogP contribution < -0.4 is 0 Å². The van der Waals surface area contributed by atoms with Gasteiger partial charge in [-0.15, -0.1) is 0 Å². The summed E-state index contributed by atoms with van der Waals surface area (Å²) in [5.74, 6) is 0. The van der Waals surface area contributed by atoms with Crippen LogP contribution in [0.2, 0.25) is 0 Å². The van der Waals surface area contributed by atoms with Gasteiger partial charge < -0.3 is 9.64 Å². The van der Waals surface area contributed by atoms with Crippen LogP contribution in [0.25, 0.3) is 0 Å². The van der Waals surface area contributed by atoms with E-state index in [0.717, 1.165) is 12.8 Å². The van der Waals surface area contributed by atoms with Gasteiger partial charge >= 0.3 is 6.09 Å². The van der Waals surface area contributed by atoms with Gasteiger partial charge in [-0.3, -0.25) is 0 Å². The van der Waals surface area contributed by atoms with Crippen molar-refractivity contribution >= 4 is 12.2 Å². The first kappa shape index (κ1) is 12.7. The number of likely N-dealkylation sites (tertiary alicyclic amines) is 1. The van der Waals surface area contributed by atoms with Crippen molar-refractivity contribution in [1.82, 2.24) is 4.90 Å². The number of carbonyl (C=O) groups excluding carboxylic acids is 2. The molecule has 90 valence electrons. The number of nitrogens with zero attached hydrogens (tertiary/aromatic N) is 2. The number of carbonyl (C=O) groups is 1. The first-order valence-corrected chi connectivity index (χ1v) is 5.47. The number of hydrogen-bond donors (Lipinski definition) is 0. The molecule has 1 rings (SSSR count). The van der Waals surface area contributed by atoms with E-state index in [1.165, 1.54) is 6.08 Å². The second-order valence-electron chi connectivity index (χ2n) is 4.90. The normalized spacial score (nSPS) is 20.4. The standard InChI is InChI=1S/C11H18N2O3/c1-11(2,3)16-10(15)13-6-4-5-9(13)7-12-8-14/h9H,4-7H2,1-3H3/t9-/m1/s1. The SMILES string of the molecule is CC(C)(C)OC(=O)N1CCC[C@@H]1CN=C=O. The largest absolute Gasteiger partial charge is 0.444 e. The predicted molar refractivity (Wildman–Crippen MR) is 59.0 cm³/mol. The van der Waals surface area contributed by atoms with Crippen molar-refractivity contribution in [2.24, 2.45) is 4.99 Å². The zero-order valence-corrected chi connectivity index (χ0v) is 10.0. The van der Waals surface area contributed by atoms with Crippen LogP contribution in [0.4, 0.5) is 4.79 Å². The maximum absolute atomic E-state index is 11.8. The Kier molecular flexibility index (Phi) is 4.07. The highest BCUT2D eigenvalue weighted by molar-refractivity contribution is 5.69. The Bertz CT molecular complexity index is 303. The third-order valence-corrected chi connectivity index (χ3v) is 2.37. The van der Waals surface area contributed by atoms with E-state index < -0.39 is 5.60 Å². The fraction of sp³-hybridized carbons (Fsp3) is 0.818. The number of amides is 1. The van der Waals surface area contributed by atoms with Crippen molar-refractivity contribution in [3.05, 3.63) is 0 Å². The Balaban J connectivity index is 2.57. The summed E-state index contributed by atoms with van der Waals surface area (Å²) in [6.07, 6.45) is 2.97. The van der Waals surface area contributed by atoms with E-state index >= 15 is 0 Å². The zero-order valence-electron chi connectivity index (χ0n) is 10.0. The Hall–Kier alpha value is -1.35. The molecule has 0 aliphatic carbocycles. The average molecular weight is 226 g/mol. The zero-order chi connectivity index (χ0) is 12.2. The molecule has 1 atom stereocenters. The molecule has 1 aliphatic heterocycles. The van der Waals surface area contributed by atoms with Gasteiger partial charge in [0.2, 0.25) is 6.08 Å². The van der Waals surface area contributed by atoms with Crippen molar-refractivity contribution in [1.29, 1.82) is 0 Å². The van der Waals surface area contributed by atoms with Crippen molar-refractivity contribution < 1.29 is 14.3 Å². The van der Waals surface area contributed by atoms with E-state index in [0.29, 0.717) is 13.1 Å². The Morgan fingerprint density at radius 3 is 2.81 bits per heavy atom. The molecular formula is C11H18N2O3. The lowest BCUT2D eigenvalue weighted by Gasteiger charge is -2.27. The third-order valence-electron chi connectivity index (χ3n) is 2.37. The molecular weight excluding hydrogens is 208 g/mol. The second kappa shape index (κ2) is 5.12. The molecule has 0 N–H and O–H groups in total. The molecule has 0 radical (unpaired) electrons. The van der Waals surface area contributed by atoms with Crippen LogP contribution in [-0.4, -0.2) is 41.8 Å². The molecule has 0 bridgehead atoms. The van der Waals surface area contributed by atoms with Gasteiger partial charge in [0.25, 0.3) is 0 Å². The highest BCUT2D eigenvalue weighted by atomic mass is 16.6. The number of rotatable bonds is 2. The maximum atomic E-state index is 11.8. The predicted octanol–water partition coefficient (Wildman–Crippen LogP) is 1.72. The van der Waals surface area contributed by atoms with Gasteiger partial charge in [0, 0.05) is 6.54 Å². The van der Waals surface area contributed by atoms with Gasteiger partial charge in [0.1, 0.15) is 5.60 Å². The van der Waals surface area contributed by atoms with E-state index in [1.54, 1.807) is 4.90 Å². The second-order valence-corrected chi connectivity index (χ2v) is 4.90. The van der Waals surface area contributed by atoms with Crippen molar-refractivity contribution in [3.63, 3.8) is 0 Å². The number of isocyanates is 1. The summed E-state index contributed by atoms with van der Waals surface area (Å²) in [6.45, 7) is 6.50. The fourth-order valence-corrected chi connectivity index (χ4v) is 1.73. The molecule has 1 aliphatic rings. The van der Waals surface area contributed by atoms with Gasteiger partial charge in [-0.1, -0.05) is 0 Å². The van der Waals surface area contributed by atoms with E-state index in [2.05, 4.69) is 4.99 Å². The minimum atomic E-state index is -0.488. The van der Waals surface area contributed by atoms with E-state index in [-0.39, 0.29) is 12.1 Å². The summed E-state index contributed by atoms with van der Waals surface area (Å²) >= 11 is 0. The molecule has 0 unspecified atom stereocenters. The summed E-state index contributed by atoms with van der Waals surface area (Å²) < 4.78 is 5.28. The summed E-state index contributed by atoms with van der Waals surface area (Å²) in [6, 6.07) is -0.0173. The molecule has 1 amide bonds. The summed E-state index contributed by atoms with van der Waals surface area (Å²) in [7, 11) is 0. The molecule has 0 saturated carbocycles. The molecule has 1 heterocycles. The van der Waals surface area contributed by atoms with Crippen LogP contribution in [0.1, 0.15) is 33.6 Å². The summed E-state index contributed by atoms with van der Waals surface area (Å²) in [5.41, 5.74) is -0.488. The van der Waals surface area contributed by atoms with Gasteiger partial charge in [-0.25, -0.2) is 14.6 Å². The van der Waals surface area contributed by atoms with Crippen molar-refractivity contribution in [2.45, 2.75) is 45.3 Å². The molecule has 0 spiro atoms. The quantitative estimate of drug-likeness (QED) is 0.532. The van der Waals surface area contributed by atoms with Gasteiger partial charge in [-0.2, -0.15) is 0 Å². The summed E-state index contributed by atoms with van der Waals surface area (Å²) in [5, 5.41) is 0. The molecule has 0 aromatic heterocycles. The van der Waals surface area contributed by atoms with E-state index in [4.69, 9.17) is 4.74 Å². The lowest BCUT2D eigenvalue weighted by atomic mass is 10.2. The molecule has 5 nitrogen and oxygen atoms in total. The van der Waals surface area contributed by atoms with Crippen LogP contribution in [0, 0.1) is 0 Å². The lowest BCUT2D eigenvalue weighted by Crippen LogP contribution is -2.41. The van der Waals surface area contributed by atoms with Crippen molar-refractivity contribution in [3.8, 4) is 0 Å². The summed E-state index contributed by atoms with van der Waals surface area (Å²) in [4.78, 5) is 27.0. The average Bonchev–Trinajstić information content (AvgIpc) is 2.59. The minimum absolute atomic E-state index is 0.0173. The third kappa shape index (κ3) is 3.66. The van der Waals surface area contributed by atoms with Crippen LogP contribution >= 0.6 is 0 Å². The Morgan fingerprint density at radius 1 is 1.56 bits per heavy atom. The fourth-order valence-electron chi connectivity index (χ4n) is 1.73. The Morgan fingerprint density at radius 2 is 2.25 bits per heavy atom. The monoisotopic (exact) mass is 226 g/mol. The van der Waals surface area contributed by atoms with Crippen LogP contribution in [0.15, 0.2) is 4.99 Å². The number of aliphatic imine (C=N–C) groups is 1. The van der Waals surface area contributed by atoms with Crippen LogP contribution in [-0.2, 0) is 9.53 Å². The topological polar surface area (TPSA) is 59.0 Å². The first-order valence-electron chi connectivity index (χ1n) is 5.47. The smallest absolute Gasteiger partial charge is 0.410 e. The van der Waals surface area contributed by atoms with Crippen LogP contribution in [0.5, 0.6) is 0 Å². The Labute approximate surface area is 95.5 Å². The van der Waals surface area contributed by atoms with E-state index in [1.807, 2.05) is 20.8 Å². The van der Waals surface area contributed by atoms with Gasteiger partial charge in [0.15, 0.2) is 0 Å². The molecule has 1 saturated heterocycles. The molecule has 1 fully saturated rings. The number of hydrogen-bond acceptors (Lipinski definition) is 4. The molecule has 16 heavy (non-hydrogen) atoms. The maximum Gasteiger partial charge on any atom is 0.410 e. The highest BCUT2D eigenvalue weighted by Crippen LogP contribution is 2.20. The molecule has 5 heteroatoms. The van der Waals surface area contributed by atoms with Gasteiger partial charge in [0.05, 0.1) is 12.6 Å². The van der Waals surface area contributed by atoms with Crippen molar-refractivity contribution in [2.75, 3.05) is 13.1 Å². The van der Waals surface area contributed by atoms with Gasteiger partial charge in [-0.05, 0) is 33.6 Å².